The molecule has 0 saturated carbocycles. The molecule has 1 rings (SSSR count). The lowest BCUT2D eigenvalue weighted by Crippen LogP contribution is -2.41. The molecule has 23 heavy (non-hydrogen) atoms. The Morgan fingerprint density at radius 1 is 1.26 bits per heavy atom. The number of esters is 1. The Balaban J connectivity index is 2.47. The van der Waals surface area contributed by atoms with E-state index >= 15 is 0 Å². The van der Waals surface area contributed by atoms with E-state index in [1.807, 2.05) is 12.2 Å². The van der Waals surface area contributed by atoms with Crippen molar-refractivity contribution in [3.63, 3.8) is 0 Å². The Labute approximate surface area is 130 Å². The number of carbonyl (C=O) groups excluding carboxylic acids is 3. The Hall–Kier alpha value is -2.71. The standard InChI is InChI=1S/C14H16F2N2O5/c1-2-6-17-14(21)18-11(19)8-22-12(20)9-4-3-5-10(7-9)23-13(15)16/h3-5,7,13H,2,6,8H2,1H3,(H2,17,18,19,21). The van der Waals surface area contributed by atoms with Crippen LogP contribution in [0.5, 0.6) is 5.75 Å². The number of imide groups is 1. The summed E-state index contributed by atoms with van der Waals surface area (Å²) < 4.78 is 33.0. The summed E-state index contributed by atoms with van der Waals surface area (Å²) in [6.07, 6.45) is 0.702. The number of ether oxygens (including phenoxy) is 2. The number of hydrogen-bond donors (Lipinski definition) is 2. The van der Waals surface area contributed by atoms with Crippen LogP contribution >= 0.6 is 0 Å². The van der Waals surface area contributed by atoms with Crippen molar-refractivity contribution in [2.24, 2.45) is 0 Å². The van der Waals surface area contributed by atoms with Gasteiger partial charge in [0.25, 0.3) is 5.91 Å². The molecule has 9 heteroatoms. The second-order valence-corrected chi connectivity index (χ2v) is 4.29. The van der Waals surface area contributed by atoms with Crippen molar-refractivity contribution in [1.29, 1.82) is 0 Å². The van der Waals surface area contributed by atoms with E-state index in [9.17, 15) is 23.2 Å². The number of benzene rings is 1. The zero-order valence-electron chi connectivity index (χ0n) is 12.3. The van der Waals surface area contributed by atoms with E-state index in [0.29, 0.717) is 13.0 Å². The summed E-state index contributed by atoms with van der Waals surface area (Å²) in [4.78, 5) is 34.3. The lowest BCUT2D eigenvalue weighted by Gasteiger charge is -2.08. The lowest BCUT2D eigenvalue weighted by molar-refractivity contribution is -0.123. The lowest BCUT2D eigenvalue weighted by atomic mass is 10.2. The van der Waals surface area contributed by atoms with Crippen LogP contribution in [0.25, 0.3) is 0 Å². The molecule has 0 spiro atoms. The second kappa shape index (κ2) is 9.34. The first-order chi connectivity index (χ1) is 10.9. The predicted molar refractivity (Wildman–Crippen MR) is 75.2 cm³/mol. The molecule has 1 aromatic carbocycles. The molecule has 126 valence electrons. The quantitative estimate of drug-likeness (QED) is 0.742. The van der Waals surface area contributed by atoms with Gasteiger partial charge < -0.3 is 14.8 Å². The smallest absolute Gasteiger partial charge is 0.387 e. The number of amides is 3. The molecule has 0 heterocycles. The van der Waals surface area contributed by atoms with E-state index in [2.05, 4.69) is 14.8 Å². The van der Waals surface area contributed by atoms with E-state index in [1.54, 1.807) is 0 Å². The molecule has 2 N–H and O–H groups in total. The molecule has 0 atom stereocenters. The fraction of sp³-hybridized carbons (Fsp3) is 0.357. The average molecular weight is 330 g/mol. The van der Waals surface area contributed by atoms with Crippen molar-refractivity contribution >= 4 is 17.9 Å². The molecule has 0 bridgehead atoms. The van der Waals surface area contributed by atoms with Gasteiger partial charge in [0.15, 0.2) is 6.61 Å². The molecule has 0 aromatic heterocycles. The molecule has 7 nitrogen and oxygen atoms in total. The normalized spacial score (nSPS) is 10.1. The molecule has 1 aromatic rings. The third-order valence-electron chi connectivity index (χ3n) is 2.42. The summed E-state index contributed by atoms with van der Waals surface area (Å²) in [7, 11) is 0. The minimum atomic E-state index is -3.02. The Bertz CT molecular complexity index is 566. The number of nitrogens with one attached hydrogen (secondary N) is 2. The van der Waals surface area contributed by atoms with Crippen LogP contribution in [0.4, 0.5) is 13.6 Å². The van der Waals surface area contributed by atoms with Crippen molar-refractivity contribution in [1.82, 2.24) is 10.6 Å². The monoisotopic (exact) mass is 330 g/mol. The molecule has 0 unspecified atom stereocenters. The molecule has 0 aliphatic heterocycles. The Kier molecular flexibility index (Phi) is 7.44. The van der Waals surface area contributed by atoms with E-state index in [4.69, 9.17) is 0 Å². The average Bonchev–Trinajstić information content (AvgIpc) is 2.50. The highest BCUT2D eigenvalue weighted by Crippen LogP contribution is 2.16. The summed E-state index contributed by atoms with van der Waals surface area (Å²) in [5, 5.41) is 4.38. The van der Waals surface area contributed by atoms with Gasteiger partial charge in [-0.05, 0) is 24.6 Å². The number of hydrogen-bond acceptors (Lipinski definition) is 5. The van der Waals surface area contributed by atoms with Crippen LogP contribution in [-0.4, -0.2) is 37.7 Å². The number of halogens is 2. The van der Waals surface area contributed by atoms with Crippen LogP contribution < -0.4 is 15.4 Å². The largest absolute Gasteiger partial charge is 0.452 e. The van der Waals surface area contributed by atoms with Crippen LogP contribution in [-0.2, 0) is 9.53 Å². The number of urea groups is 1. The van der Waals surface area contributed by atoms with Crippen LogP contribution in [0.3, 0.4) is 0 Å². The maximum absolute atomic E-state index is 12.1. The van der Waals surface area contributed by atoms with Gasteiger partial charge in [0.2, 0.25) is 0 Å². The van der Waals surface area contributed by atoms with Gasteiger partial charge in [0.1, 0.15) is 5.75 Å². The molecular formula is C14H16F2N2O5. The van der Waals surface area contributed by atoms with Crippen molar-refractivity contribution < 1.29 is 32.6 Å². The van der Waals surface area contributed by atoms with Crippen molar-refractivity contribution in [2.75, 3.05) is 13.2 Å². The molecule has 0 radical (unpaired) electrons. The molecule has 0 aliphatic rings. The Morgan fingerprint density at radius 2 is 2.00 bits per heavy atom. The van der Waals surface area contributed by atoms with Crippen LogP contribution in [0.1, 0.15) is 23.7 Å². The maximum Gasteiger partial charge on any atom is 0.387 e. The summed E-state index contributed by atoms with van der Waals surface area (Å²) in [6, 6.07) is 4.24. The molecule has 0 saturated heterocycles. The van der Waals surface area contributed by atoms with E-state index in [-0.39, 0.29) is 11.3 Å². The van der Waals surface area contributed by atoms with E-state index in [1.165, 1.54) is 18.2 Å². The maximum atomic E-state index is 12.1. The minimum absolute atomic E-state index is 0.0635. The molecular weight excluding hydrogens is 314 g/mol. The van der Waals surface area contributed by atoms with Gasteiger partial charge in [0.05, 0.1) is 5.56 Å². The van der Waals surface area contributed by atoms with Crippen molar-refractivity contribution in [3.8, 4) is 5.75 Å². The molecule has 3 amide bonds. The highest BCUT2D eigenvalue weighted by Gasteiger charge is 2.13. The second-order valence-electron chi connectivity index (χ2n) is 4.29. The summed E-state index contributed by atoms with van der Waals surface area (Å²) in [6.45, 7) is -1.46. The summed E-state index contributed by atoms with van der Waals surface area (Å²) in [5.74, 6) is -1.93. The van der Waals surface area contributed by atoms with Crippen molar-refractivity contribution in [3.05, 3.63) is 29.8 Å². The van der Waals surface area contributed by atoms with Crippen LogP contribution in [0.15, 0.2) is 24.3 Å². The fourth-order valence-corrected chi connectivity index (χ4v) is 1.46. The van der Waals surface area contributed by atoms with Gasteiger partial charge in [-0.2, -0.15) is 8.78 Å². The SMILES string of the molecule is CCCNC(=O)NC(=O)COC(=O)c1cccc(OC(F)F)c1. The first kappa shape index (κ1) is 18.3. The zero-order chi connectivity index (χ0) is 17.2. The highest BCUT2D eigenvalue weighted by molar-refractivity contribution is 5.97. The van der Waals surface area contributed by atoms with Crippen molar-refractivity contribution in [2.45, 2.75) is 20.0 Å². The van der Waals surface area contributed by atoms with E-state index < -0.39 is 31.1 Å². The third-order valence-corrected chi connectivity index (χ3v) is 2.42. The molecule has 0 aliphatic carbocycles. The minimum Gasteiger partial charge on any atom is -0.452 e. The van der Waals surface area contributed by atoms with Gasteiger partial charge in [-0.15, -0.1) is 0 Å². The summed E-state index contributed by atoms with van der Waals surface area (Å²) in [5.41, 5.74) is -0.0635. The fourth-order valence-electron chi connectivity index (χ4n) is 1.46. The van der Waals surface area contributed by atoms with E-state index in [0.717, 1.165) is 6.07 Å². The molecule has 0 fully saturated rings. The van der Waals surface area contributed by atoms with Crippen LogP contribution in [0, 0.1) is 0 Å². The summed E-state index contributed by atoms with van der Waals surface area (Å²) >= 11 is 0. The topological polar surface area (TPSA) is 93.7 Å². The zero-order valence-corrected chi connectivity index (χ0v) is 12.3. The third kappa shape index (κ3) is 7.21. The Morgan fingerprint density at radius 3 is 2.65 bits per heavy atom. The number of carbonyl (C=O) groups is 3. The van der Waals surface area contributed by atoms with Gasteiger partial charge in [-0.1, -0.05) is 13.0 Å². The predicted octanol–water partition coefficient (Wildman–Crippen LogP) is 1.68. The number of alkyl halides is 2. The van der Waals surface area contributed by atoms with Gasteiger partial charge in [-0.25, -0.2) is 9.59 Å². The van der Waals surface area contributed by atoms with Gasteiger partial charge in [0, 0.05) is 6.54 Å². The van der Waals surface area contributed by atoms with Crippen LogP contribution in [0.2, 0.25) is 0 Å². The highest BCUT2D eigenvalue weighted by atomic mass is 19.3. The van der Waals surface area contributed by atoms with Gasteiger partial charge in [-0.3, -0.25) is 10.1 Å². The number of rotatable bonds is 7. The first-order valence-corrected chi connectivity index (χ1v) is 6.72. The van der Waals surface area contributed by atoms with Gasteiger partial charge >= 0.3 is 18.6 Å². The first-order valence-electron chi connectivity index (χ1n) is 6.72.